The number of benzene rings is 2. The first-order valence-electron chi connectivity index (χ1n) is 5.58. The molecule has 1 nitrogen and oxygen atoms in total. The molecule has 0 aliphatic heterocycles. The molecular weight excluding hydrogens is 215 g/mol. The number of aliphatic hydroxyl groups excluding tert-OH is 1. The summed E-state index contributed by atoms with van der Waals surface area (Å²) in [6.07, 6.45) is -0.699. The largest absolute Gasteiger partial charge is 0.384 e. The fraction of sp³-hybridized carbons (Fsp3) is 0.200. The maximum atomic E-state index is 12.8. The predicted octanol–water partition coefficient (Wildman–Crippen LogP) is 3.52. The zero-order valence-electron chi connectivity index (χ0n) is 9.94. The maximum Gasteiger partial charge on any atom is 0.123 e. The highest BCUT2D eigenvalue weighted by Gasteiger charge is 2.12. The average Bonchev–Trinajstić information content (AvgIpc) is 2.32. The van der Waals surface area contributed by atoms with E-state index < -0.39 is 6.10 Å². The van der Waals surface area contributed by atoms with Crippen molar-refractivity contribution in [3.05, 3.63) is 70.5 Å². The molecule has 88 valence electrons. The molecule has 2 heteroatoms. The molecule has 0 bridgehead atoms. The Balaban J connectivity index is 2.39. The van der Waals surface area contributed by atoms with E-state index in [1.807, 2.05) is 32.0 Å². The molecule has 0 saturated carbocycles. The van der Waals surface area contributed by atoms with Gasteiger partial charge in [0.05, 0.1) is 0 Å². The molecule has 17 heavy (non-hydrogen) atoms. The van der Waals surface area contributed by atoms with Crippen molar-refractivity contribution >= 4 is 0 Å². The van der Waals surface area contributed by atoms with Crippen molar-refractivity contribution in [2.24, 2.45) is 0 Å². The molecular formula is C15H15FO. The first kappa shape index (κ1) is 11.8. The van der Waals surface area contributed by atoms with E-state index in [0.717, 1.165) is 16.7 Å². The normalized spacial score (nSPS) is 12.5. The number of rotatable bonds is 2. The minimum Gasteiger partial charge on any atom is -0.384 e. The zero-order valence-corrected chi connectivity index (χ0v) is 9.94. The van der Waals surface area contributed by atoms with Crippen molar-refractivity contribution in [1.82, 2.24) is 0 Å². The van der Waals surface area contributed by atoms with Gasteiger partial charge in [-0.1, -0.05) is 35.9 Å². The van der Waals surface area contributed by atoms with Crippen molar-refractivity contribution in [3.63, 3.8) is 0 Å². The van der Waals surface area contributed by atoms with Crippen LogP contribution in [0.5, 0.6) is 0 Å². The highest BCUT2D eigenvalue weighted by Crippen LogP contribution is 2.25. The molecule has 2 aromatic carbocycles. The lowest BCUT2D eigenvalue weighted by molar-refractivity contribution is 0.219. The number of aliphatic hydroxyl groups is 1. The quantitative estimate of drug-likeness (QED) is 0.836. The van der Waals surface area contributed by atoms with Crippen LogP contribution in [0.3, 0.4) is 0 Å². The molecule has 0 radical (unpaired) electrons. The van der Waals surface area contributed by atoms with Gasteiger partial charge in [0.15, 0.2) is 0 Å². The van der Waals surface area contributed by atoms with Gasteiger partial charge in [-0.25, -0.2) is 4.39 Å². The van der Waals surface area contributed by atoms with Gasteiger partial charge < -0.3 is 5.11 Å². The Bertz CT molecular complexity index is 517. The Morgan fingerprint density at radius 3 is 2.29 bits per heavy atom. The van der Waals surface area contributed by atoms with Gasteiger partial charge in [-0.3, -0.25) is 0 Å². The molecule has 0 aliphatic carbocycles. The highest BCUT2D eigenvalue weighted by atomic mass is 19.1. The topological polar surface area (TPSA) is 20.2 Å². The summed E-state index contributed by atoms with van der Waals surface area (Å²) in [6, 6.07) is 11.9. The number of hydrogen-bond acceptors (Lipinski definition) is 1. The number of halogens is 1. The van der Waals surface area contributed by atoms with Gasteiger partial charge in [0.25, 0.3) is 0 Å². The van der Waals surface area contributed by atoms with E-state index in [9.17, 15) is 9.50 Å². The van der Waals surface area contributed by atoms with Crippen molar-refractivity contribution in [2.45, 2.75) is 20.0 Å². The number of aryl methyl sites for hydroxylation is 2. The van der Waals surface area contributed by atoms with E-state index in [0.29, 0.717) is 5.56 Å². The van der Waals surface area contributed by atoms with Crippen LogP contribution in [-0.2, 0) is 0 Å². The Morgan fingerprint density at radius 1 is 1.00 bits per heavy atom. The molecule has 0 heterocycles. The average molecular weight is 230 g/mol. The van der Waals surface area contributed by atoms with Gasteiger partial charge in [0.2, 0.25) is 0 Å². The Morgan fingerprint density at radius 2 is 1.65 bits per heavy atom. The minimum atomic E-state index is -0.699. The van der Waals surface area contributed by atoms with E-state index in [2.05, 4.69) is 0 Å². The molecule has 2 rings (SSSR count). The van der Waals surface area contributed by atoms with Crippen molar-refractivity contribution in [2.75, 3.05) is 0 Å². The fourth-order valence-electron chi connectivity index (χ4n) is 1.88. The molecule has 1 atom stereocenters. The molecule has 0 aliphatic rings. The second-order valence-electron chi connectivity index (χ2n) is 4.31. The van der Waals surface area contributed by atoms with Gasteiger partial charge >= 0.3 is 0 Å². The number of hydrogen-bond donors (Lipinski definition) is 1. The molecule has 2 aromatic rings. The standard InChI is InChI=1S/C15H15FO/c1-10-3-4-11(2)14(9-10)15(17)12-5-7-13(16)8-6-12/h3-9,15,17H,1-2H3. The lowest BCUT2D eigenvalue weighted by Crippen LogP contribution is -2.02. The van der Waals surface area contributed by atoms with Crippen LogP contribution in [0.2, 0.25) is 0 Å². The lowest BCUT2D eigenvalue weighted by Gasteiger charge is -2.15. The van der Waals surface area contributed by atoms with Gasteiger partial charge in [-0.15, -0.1) is 0 Å². The molecule has 1 unspecified atom stereocenters. The van der Waals surface area contributed by atoms with Crippen LogP contribution in [0, 0.1) is 19.7 Å². The van der Waals surface area contributed by atoms with Crippen LogP contribution < -0.4 is 0 Å². The van der Waals surface area contributed by atoms with E-state index >= 15 is 0 Å². The highest BCUT2D eigenvalue weighted by molar-refractivity contribution is 5.37. The SMILES string of the molecule is Cc1ccc(C)c(C(O)c2ccc(F)cc2)c1. The maximum absolute atomic E-state index is 12.8. The van der Waals surface area contributed by atoms with Gasteiger partial charge in [0.1, 0.15) is 11.9 Å². The van der Waals surface area contributed by atoms with E-state index in [4.69, 9.17) is 0 Å². The first-order valence-corrected chi connectivity index (χ1v) is 5.58. The zero-order chi connectivity index (χ0) is 12.4. The summed E-state index contributed by atoms with van der Waals surface area (Å²) in [5.74, 6) is -0.290. The molecule has 0 saturated heterocycles. The summed E-state index contributed by atoms with van der Waals surface area (Å²) in [6.45, 7) is 3.95. The third-order valence-corrected chi connectivity index (χ3v) is 2.92. The summed E-state index contributed by atoms with van der Waals surface area (Å²) in [5.41, 5.74) is 3.72. The van der Waals surface area contributed by atoms with Crippen LogP contribution in [-0.4, -0.2) is 5.11 Å². The second kappa shape index (κ2) is 4.68. The van der Waals surface area contributed by atoms with Crippen LogP contribution in [0.4, 0.5) is 4.39 Å². The van der Waals surface area contributed by atoms with Crippen LogP contribution in [0.15, 0.2) is 42.5 Å². The first-order chi connectivity index (χ1) is 8.08. The molecule has 0 amide bonds. The van der Waals surface area contributed by atoms with E-state index in [1.54, 1.807) is 12.1 Å². The monoisotopic (exact) mass is 230 g/mol. The van der Waals surface area contributed by atoms with Crippen LogP contribution in [0.1, 0.15) is 28.4 Å². The smallest absolute Gasteiger partial charge is 0.123 e. The summed E-state index contributed by atoms with van der Waals surface area (Å²) in [7, 11) is 0. The molecule has 0 aromatic heterocycles. The molecule has 1 N–H and O–H groups in total. The van der Waals surface area contributed by atoms with Crippen LogP contribution >= 0.6 is 0 Å². The summed E-state index contributed by atoms with van der Waals surface area (Å²) >= 11 is 0. The molecule has 0 spiro atoms. The third-order valence-electron chi connectivity index (χ3n) is 2.92. The second-order valence-corrected chi connectivity index (χ2v) is 4.31. The predicted molar refractivity (Wildman–Crippen MR) is 66.4 cm³/mol. The summed E-state index contributed by atoms with van der Waals surface area (Å²) < 4.78 is 12.8. The summed E-state index contributed by atoms with van der Waals surface area (Å²) in [5, 5.41) is 10.3. The fourth-order valence-corrected chi connectivity index (χ4v) is 1.88. The van der Waals surface area contributed by atoms with E-state index in [1.165, 1.54) is 12.1 Å². The molecule has 0 fully saturated rings. The van der Waals surface area contributed by atoms with Crippen molar-refractivity contribution < 1.29 is 9.50 Å². The Hall–Kier alpha value is -1.67. The van der Waals surface area contributed by atoms with E-state index in [-0.39, 0.29) is 5.82 Å². The minimum absolute atomic E-state index is 0.290. The Labute approximate surface area is 101 Å². The third kappa shape index (κ3) is 2.53. The lowest BCUT2D eigenvalue weighted by atomic mass is 9.96. The summed E-state index contributed by atoms with van der Waals surface area (Å²) in [4.78, 5) is 0. The van der Waals surface area contributed by atoms with Gasteiger partial charge in [-0.05, 0) is 42.7 Å². The van der Waals surface area contributed by atoms with Crippen LogP contribution in [0.25, 0.3) is 0 Å². The van der Waals surface area contributed by atoms with Crippen molar-refractivity contribution in [3.8, 4) is 0 Å². The van der Waals surface area contributed by atoms with Gasteiger partial charge in [-0.2, -0.15) is 0 Å². The van der Waals surface area contributed by atoms with Crippen molar-refractivity contribution in [1.29, 1.82) is 0 Å². The van der Waals surface area contributed by atoms with Gasteiger partial charge in [0, 0.05) is 0 Å². The Kier molecular flexibility index (Phi) is 3.25.